The predicted octanol–water partition coefficient (Wildman–Crippen LogP) is 1.36. The minimum atomic E-state index is 0.0741. The minimum absolute atomic E-state index is 0.0741. The van der Waals surface area contributed by atoms with Gasteiger partial charge in [-0.1, -0.05) is 12.1 Å². The van der Waals surface area contributed by atoms with Gasteiger partial charge in [-0.25, -0.2) is 0 Å². The van der Waals surface area contributed by atoms with Gasteiger partial charge in [0.1, 0.15) is 6.33 Å². The average molecular weight is 326 g/mol. The van der Waals surface area contributed by atoms with Crippen LogP contribution in [-0.4, -0.2) is 68.1 Å². The number of hydrogen-bond donors (Lipinski definition) is 0. The van der Waals surface area contributed by atoms with Crippen molar-refractivity contribution in [2.24, 2.45) is 0 Å². The second-order valence-electron chi connectivity index (χ2n) is 6.56. The first-order valence-corrected chi connectivity index (χ1v) is 8.68. The third-order valence-electron chi connectivity index (χ3n) is 5.07. The number of amides is 1. The van der Waals surface area contributed by atoms with Crippen molar-refractivity contribution in [3.8, 4) is 5.69 Å². The van der Waals surface area contributed by atoms with E-state index in [1.807, 2.05) is 29.2 Å². The van der Waals surface area contributed by atoms with Gasteiger partial charge in [0.15, 0.2) is 0 Å². The highest BCUT2D eigenvalue weighted by Gasteiger charge is 2.30. The number of carbonyl (C=O) groups excluding carboxylic acids is 1. The van der Waals surface area contributed by atoms with Crippen molar-refractivity contribution in [2.75, 3.05) is 26.2 Å². The number of carbonyl (C=O) groups is 1. The molecule has 0 N–H and O–H groups in total. The summed E-state index contributed by atoms with van der Waals surface area (Å²) in [6.07, 6.45) is 6.35. The third kappa shape index (κ3) is 2.91. The fourth-order valence-corrected chi connectivity index (χ4v) is 3.84. The normalized spacial score (nSPS) is 22.0. The van der Waals surface area contributed by atoms with Crippen LogP contribution in [0, 0.1) is 0 Å². The largest absolute Gasteiger partial charge is 0.337 e. The number of tetrazole rings is 1. The number of benzene rings is 1. The number of rotatable bonds is 3. The zero-order valence-electron chi connectivity index (χ0n) is 13.7. The molecule has 1 atom stereocenters. The molecular weight excluding hydrogens is 304 g/mol. The lowest BCUT2D eigenvalue weighted by molar-refractivity contribution is 0.0608. The molecule has 2 aliphatic heterocycles. The molecule has 2 aliphatic rings. The average Bonchev–Trinajstić information content (AvgIpc) is 3.35. The van der Waals surface area contributed by atoms with Crippen LogP contribution in [0.3, 0.4) is 0 Å². The molecule has 0 radical (unpaired) electrons. The molecule has 2 aromatic rings. The zero-order chi connectivity index (χ0) is 16.4. The summed E-state index contributed by atoms with van der Waals surface area (Å²) in [6, 6.07) is 8.04. The van der Waals surface area contributed by atoms with E-state index in [9.17, 15) is 4.79 Å². The van der Waals surface area contributed by atoms with E-state index < -0.39 is 0 Å². The Hall–Kier alpha value is -2.28. The number of nitrogens with zero attached hydrogens (tertiary/aromatic N) is 6. The fraction of sp³-hybridized carbons (Fsp3) is 0.529. The highest BCUT2D eigenvalue weighted by molar-refractivity contribution is 5.97. The molecule has 3 heterocycles. The van der Waals surface area contributed by atoms with E-state index in [0.29, 0.717) is 11.6 Å². The van der Waals surface area contributed by atoms with Crippen LogP contribution in [-0.2, 0) is 0 Å². The Kier molecular flexibility index (Phi) is 4.25. The molecule has 0 aliphatic carbocycles. The maximum absolute atomic E-state index is 13.1. The molecule has 0 bridgehead atoms. The van der Waals surface area contributed by atoms with Crippen molar-refractivity contribution in [3.05, 3.63) is 36.2 Å². The van der Waals surface area contributed by atoms with E-state index in [1.165, 1.54) is 38.7 Å². The Morgan fingerprint density at radius 2 is 1.92 bits per heavy atom. The van der Waals surface area contributed by atoms with Crippen LogP contribution >= 0.6 is 0 Å². The minimum Gasteiger partial charge on any atom is -0.337 e. The molecule has 0 saturated carbocycles. The number of para-hydroxylation sites is 1. The van der Waals surface area contributed by atoms with Gasteiger partial charge >= 0.3 is 0 Å². The zero-order valence-corrected chi connectivity index (χ0v) is 13.7. The van der Waals surface area contributed by atoms with Crippen molar-refractivity contribution < 1.29 is 4.79 Å². The Labute approximate surface area is 141 Å². The van der Waals surface area contributed by atoms with E-state index in [1.54, 1.807) is 4.68 Å². The van der Waals surface area contributed by atoms with E-state index in [0.717, 1.165) is 25.2 Å². The first kappa shape index (κ1) is 15.3. The summed E-state index contributed by atoms with van der Waals surface area (Å²) in [5, 5.41) is 11.3. The van der Waals surface area contributed by atoms with E-state index in [2.05, 4.69) is 20.4 Å². The maximum Gasteiger partial charge on any atom is 0.256 e. The summed E-state index contributed by atoms with van der Waals surface area (Å²) in [7, 11) is 0. The molecule has 1 aromatic heterocycles. The number of hydrogen-bond acceptors (Lipinski definition) is 5. The molecule has 24 heavy (non-hydrogen) atoms. The predicted molar refractivity (Wildman–Crippen MR) is 88.9 cm³/mol. The maximum atomic E-state index is 13.1. The second kappa shape index (κ2) is 6.68. The van der Waals surface area contributed by atoms with Crippen LogP contribution in [0.5, 0.6) is 0 Å². The molecular formula is C17H22N6O. The lowest BCUT2D eigenvalue weighted by Crippen LogP contribution is -2.49. The van der Waals surface area contributed by atoms with Gasteiger partial charge in [0.2, 0.25) is 0 Å². The molecule has 2 saturated heterocycles. The van der Waals surface area contributed by atoms with E-state index in [-0.39, 0.29) is 5.91 Å². The van der Waals surface area contributed by atoms with Gasteiger partial charge in [-0.2, -0.15) is 4.68 Å². The smallest absolute Gasteiger partial charge is 0.256 e. The van der Waals surface area contributed by atoms with Gasteiger partial charge in [-0.15, -0.1) is 5.10 Å². The van der Waals surface area contributed by atoms with Crippen LogP contribution in [0.15, 0.2) is 30.6 Å². The molecule has 1 unspecified atom stereocenters. The Morgan fingerprint density at radius 3 is 2.71 bits per heavy atom. The lowest BCUT2D eigenvalue weighted by Gasteiger charge is -2.37. The van der Waals surface area contributed by atoms with E-state index in [4.69, 9.17) is 0 Å². The second-order valence-corrected chi connectivity index (χ2v) is 6.56. The van der Waals surface area contributed by atoms with Crippen LogP contribution in [0.4, 0.5) is 0 Å². The molecule has 7 heteroatoms. The number of likely N-dealkylation sites (tertiary alicyclic amines) is 2. The van der Waals surface area contributed by atoms with Crippen LogP contribution in [0.1, 0.15) is 36.0 Å². The summed E-state index contributed by atoms with van der Waals surface area (Å²) < 4.78 is 1.55. The van der Waals surface area contributed by atoms with Gasteiger partial charge in [0, 0.05) is 19.1 Å². The highest BCUT2D eigenvalue weighted by atomic mass is 16.2. The summed E-state index contributed by atoms with van der Waals surface area (Å²) in [4.78, 5) is 17.6. The monoisotopic (exact) mass is 326 g/mol. The molecule has 2 fully saturated rings. The third-order valence-corrected chi connectivity index (χ3v) is 5.07. The van der Waals surface area contributed by atoms with Gasteiger partial charge < -0.3 is 4.90 Å². The van der Waals surface area contributed by atoms with Crippen LogP contribution < -0.4 is 0 Å². The Morgan fingerprint density at radius 1 is 1.08 bits per heavy atom. The van der Waals surface area contributed by atoms with Crippen molar-refractivity contribution in [1.29, 1.82) is 0 Å². The van der Waals surface area contributed by atoms with Crippen LogP contribution in [0.2, 0.25) is 0 Å². The van der Waals surface area contributed by atoms with Crippen molar-refractivity contribution >= 4 is 5.91 Å². The lowest BCUT2D eigenvalue weighted by atomic mass is 10.0. The summed E-state index contributed by atoms with van der Waals surface area (Å²) in [5.74, 6) is 0.0741. The molecule has 1 aromatic carbocycles. The van der Waals surface area contributed by atoms with Gasteiger partial charge in [0.25, 0.3) is 5.91 Å². The van der Waals surface area contributed by atoms with Crippen molar-refractivity contribution in [3.63, 3.8) is 0 Å². The Balaban J connectivity index is 1.55. The molecule has 1 amide bonds. The van der Waals surface area contributed by atoms with Gasteiger partial charge in [0.05, 0.1) is 11.3 Å². The highest BCUT2D eigenvalue weighted by Crippen LogP contribution is 2.23. The SMILES string of the molecule is O=C(c1ccccc1-n1cnnn1)N1CCCC(N2CCCC2)C1. The molecule has 7 nitrogen and oxygen atoms in total. The van der Waals surface area contributed by atoms with E-state index >= 15 is 0 Å². The van der Waals surface area contributed by atoms with Crippen molar-refractivity contribution in [2.45, 2.75) is 31.7 Å². The molecule has 4 rings (SSSR count). The summed E-state index contributed by atoms with van der Waals surface area (Å²) in [6.45, 7) is 4.00. The molecule has 0 spiro atoms. The van der Waals surface area contributed by atoms with Gasteiger partial charge in [-0.05, 0) is 61.3 Å². The fourth-order valence-electron chi connectivity index (χ4n) is 3.84. The van der Waals surface area contributed by atoms with Crippen molar-refractivity contribution in [1.82, 2.24) is 30.0 Å². The quantitative estimate of drug-likeness (QED) is 0.852. The first-order chi connectivity index (χ1) is 11.8. The standard InChI is InChI=1S/C17H22N6O/c24-17(15-7-1-2-8-16(15)23-13-18-19-20-23)22-11-5-6-14(12-22)21-9-3-4-10-21/h1-2,7-8,13-14H,3-6,9-12H2. The molecule has 126 valence electrons. The number of piperidine rings is 1. The topological polar surface area (TPSA) is 67.2 Å². The first-order valence-electron chi connectivity index (χ1n) is 8.68. The summed E-state index contributed by atoms with van der Waals surface area (Å²) >= 11 is 0. The number of aromatic nitrogens is 4. The van der Waals surface area contributed by atoms with Crippen LogP contribution in [0.25, 0.3) is 5.69 Å². The Bertz CT molecular complexity index is 695. The summed E-state index contributed by atoms with van der Waals surface area (Å²) in [5.41, 5.74) is 1.39. The van der Waals surface area contributed by atoms with Gasteiger partial charge in [-0.3, -0.25) is 9.69 Å².